The first kappa shape index (κ1) is 18.3. The summed E-state index contributed by atoms with van der Waals surface area (Å²) < 4.78 is 0. The molecular weight excluding hydrogens is 333 g/mol. The van der Waals surface area contributed by atoms with Crippen LogP contribution in [0.3, 0.4) is 0 Å². The number of unbranched alkanes of at least 4 members (excludes halogenated alkanes) is 4. The fraction of sp³-hybridized carbons (Fsp3) is 0.556. The minimum Gasteiger partial charge on any atom is -0.288 e. The van der Waals surface area contributed by atoms with Crippen molar-refractivity contribution in [1.29, 1.82) is 0 Å². The number of hydrogen-bond donors (Lipinski definition) is 1. The van der Waals surface area contributed by atoms with Crippen molar-refractivity contribution in [2.75, 3.05) is 0 Å². The maximum Gasteiger partial charge on any atom is 0.259 e. The first-order chi connectivity index (χ1) is 11.0. The van der Waals surface area contributed by atoms with E-state index in [9.17, 15) is 9.59 Å². The standard InChI is InChI=1S/C18H23Cl2NO2/c1-3-5-7-9-11-13-14(18(23)21-17(13)22)12(10-8-6-4-2)16(20)15(11)19/h3-10H2,1-2H3,(H,21,22,23). The highest BCUT2D eigenvalue weighted by molar-refractivity contribution is 6.44. The number of rotatable bonds is 8. The number of imide groups is 1. The number of carbonyl (C=O) groups is 2. The lowest BCUT2D eigenvalue weighted by Crippen LogP contribution is -2.20. The molecule has 0 bridgehead atoms. The third-order valence-corrected chi connectivity index (χ3v) is 5.25. The Labute approximate surface area is 147 Å². The summed E-state index contributed by atoms with van der Waals surface area (Å²) >= 11 is 12.9. The maximum atomic E-state index is 12.2. The van der Waals surface area contributed by atoms with E-state index in [1.54, 1.807) is 0 Å². The van der Waals surface area contributed by atoms with Crippen LogP contribution in [0.1, 0.15) is 84.2 Å². The van der Waals surface area contributed by atoms with Gasteiger partial charge in [-0.1, -0.05) is 62.7 Å². The summed E-state index contributed by atoms with van der Waals surface area (Å²) in [5, 5.41) is 3.29. The molecule has 0 unspecified atom stereocenters. The largest absolute Gasteiger partial charge is 0.288 e. The second-order valence-electron chi connectivity index (χ2n) is 6.03. The van der Waals surface area contributed by atoms with E-state index in [1.807, 2.05) is 0 Å². The first-order valence-corrected chi connectivity index (χ1v) is 9.16. The van der Waals surface area contributed by atoms with Gasteiger partial charge in [-0.25, -0.2) is 0 Å². The number of halogens is 2. The molecule has 1 N–H and O–H groups in total. The number of hydrogen-bond acceptors (Lipinski definition) is 2. The Morgan fingerprint density at radius 3 is 1.48 bits per heavy atom. The highest BCUT2D eigenvalue weighted by Gasteiger charge is 2.35. The van der Waals surface area contributed by atoms with E-state index >= 15 is 0 Å². The van der Waals surface area contributed by atoms with E-state index in [0.29, 0.717) is 34.0 Å². The summed E-state index contributed by atoms with van der Waals surface area (Å²) in [6.45, 7) is 4.23. The normalized spacial score (nSPS) is 13.4. The smallest absolute Gasteiger partial charge is 0.259 e. The van der Waals surface area contributed by atoms with Crippen molar-refractivity contribution in [3.63, 3.8) is 0 Å². The van der Waals surface area contributed by atoms with Crippen molar-refractivity contribution in [3.05, 3.63) is 32.3 Å². The van der Waals surface area contributed by atoms with Crippen molar-refractivity contribution in [3.8, 4) is 0 Å². The monoisotopic (exact) mass is 355 g/mol. The van der Waals surface area contributed by atoms with Gasteiger partial charge >= 0.3 is 0 Å². The Balaban J connectivity index is 2.48. The van der Waals surface area contributed by atoms with Crippen LogP contribution < -0.4 is 5.32 Å². The minimum absolute atomic E-state index is 0.341. The van der Waals surface area contributed by atoms with Gasteiger partial charge in [-0.15, -0.1) is 0 Å². The summed E-state index contributed by atoms with van der Waals surface area (Å²) in [5.41, 5.74) is 2.35. The van der Waals surface area contributed by atoms with E-state index in [2.05, 4.69) is 19.2 Å². The molecular formula is C18H23Cl2NO2. The van der Waals surface area contributed by atoms with Crippen LogP contribution in [-0.2, 0) is 12.8 Å². The molecule has 2 rings (SSSR count). The number of fused-ring (bicyclic) bond motifs is 1. The molecule has 0 atom stereocenters. The fourth-order valence-corrected chi connectivity index (χ4v) is 3.69. The van der Waals surface area contributed by atoms with Crippen LogP contribution in [0, 0.1) is 0 Å². The first-order valence-electron chi connectivity index (χ1n) is 8.41. The fourth-order valence-electron chi connectivity index (χ4n) is 3.09. The lowest BCUT2D eigenvalue weighted by molar-refractivity contribution is 0.0879. The summed E-state index contributed by atoms with van der Waals surface area (Å²) in [4.78, 5) is 24.5. The second kappa shape index (κ2) is 8.16. The minimum atomic E-state index is -0.341. The van der Waals surface area contributed by atoms with Crippen molar-refractivity contribution in [2.45, 2.75) is 65.2 Å². The molecule has 2 amide bonds. The summed E-state index contributed by atoms with van der Waals surface area (Å²) in [7, 11) is 0. The molecule has 0 saturated heterocycles. The van der Waals surface area contributed by atoms with Gasteiger partial charge in [0, 0.05) is 0 Å². The van der Waals surface area contributed by atoms with Gasteiger partial charge in [-0.05, 0) is 36.8 Å². The van der Waals surface area contributed by atoms with E-state index in [4.69, 9.17) is 23.2 Å². The number of carbonyl (C=O) groups excluding carboxylic acids is 2. The average Bonchev–Trinajstić information content (AvgIpc) is 2.81. The molecule has 0 spiro atoms. The zero-order valence-corrected chi connectivity index (χ0v) is 15.2. The van der Waals surface area contributed by atoms with Crippen LogP contribution in [0.2, 0.25) is 10.0 Å². The van der Waals surface area contributed by atoms with Crippen molar-refractivity contribution in [1.82, 2.24) is 5.32 Å². The molecule has 0 aromatic heterocycles. The molecule has 3 nitrogen and oxygen atoms in total. The number of nitrogens with one attached hydrogen (secondary N) is 1. The predicted molar refractivity (Wildman–Crippen MR) is 94.7 cm³/mol. The van der Waals surface area contributed by atoms with Gasteiger partial charge in [0.15, 0.2) is 0 Å². The molecule has 1 aliphatic heterocycles. The van der Waals surface area contributed by atoms with Crippen molar-refractivity contribution in [2.24, 2.45) is 0 Å². The van der Waals surface area contributed by atoms with Crippen LogP contribution in [0.5, 0.6) is 0 Å². The third-order valence-electron chi connectivity index (χ3n) is 4.32. The molecule has 126 valence electrons. The van der Waals surface area contributed by atoms with E-state index in [0.717, 1.165) is 49.7 Å². The van der Waals surface area contributed by atoms with E-state index in [1.165, 1.54) is 0 Å². The van der Waals surface area contributed by atoms with E-state index in [-0.39, 0.29) is 11.8 Å². The Morgan fingerprint density at radius 1 is 0.739 bits per heavy atom. The van der Waals surface area contributed by atoms with Crippen LogP contribution in [0.25, 0.3) is 0 Å². The maximum absolute atomic E-state index is 12.2. The number of amides is 2. The van der Waals surface area contributed by atoms with Crippen LogP contribution in [0.4, 0.5) is 0 Å². The molecule has 1 heterocycles. The second-order valence-corrected chi connectivity index (χ2v) is 6.79. The molecule has 0 saturated carbocycles. The molecule has 0 aliphatic carbocycles. The predicted octanol–water partition coefficient (Wildman–Crippen LogP) is 5.34. The van der Waals surface area contributed by atoms with Crippen LogP contribution >= 0.6 is 23.2 Å². The van der Waals surface area contributed by atoms with Gasteiger partial charge in [-0.2, -0.15) is 0 Å². The van der Waals surface area contributed by atoms with Crippen molar-refractivity contribution >= 4 is 35.0 Å². The summed E-state index contributed by atoms with van der Waals surface area (Å²) in [5.74, 6) is -0.682. The Hall–Kier alpha value is -1.06. The molecule has 0 fully saturated rings. The van der Waals surface area contributed by atoms with Gasteiger partial charge in [0.25, 0.3) is 11.8 Å². The van der Waals surface area contributed by atoms with Crippen LogP contribution in [0.15, 0.2) is 0 Å². The molecule has 1 aliphatic rings. The Morgan fingerprint density at radius 2 is 1.13 bits per heavy atom. The zero-order chi connectivity index (χ0) is 17.0. The SMILES string of the molecule is CCCCCc1c(Cl)c(Cl)c(CCCCC)c2c1C(=O)NC2=O. The molecule has 1 aromatic carbocycles. The quantitative estimate of drug-likeness (QED) is 0.505. The highest BCUT2D eigenvalue weighted by atomic mass is 35.5. The van der Waals surface area contributed by atoms with Gasteiger partial charge < -0.3 is 0 Å². The Bertz CT molecular complexity index is 573. The highest BCUT2D eigenvalue weighted by Crippen LogP contribution is 2.39. The summed E-state index contributed by atoms with van der Waals surface area (Å²) in [6, 6.07) is 0. The lowest BCUT2D eigenvalue weighted by atomic mass is 9.91. The van der Waals surface area contributed by atoms with Gasteiger partial charge in [0.05, 0.1) is 21.2 Å². The third kappa shape index (κ3) is 3.72. The molecule has 5 heteroatoms. The van der Waals surface area contributed by atoms with E-state index < -0.39 is 0 Å². The van der Waals surface area contributed by atoms with Crippen molar-refractivity contribution < 1.29 is 9.59 Å². The summed E-state index contributed by atoms with van der Waals surface area (Å²) in [6.07, 6.45) is 7.45. The van der Waals surface area contributed by atoms with Crippen LogP contribution in [-0.4, -0.2) is 11.8 Å². The molecule has 1 aromatic rings. The van der Waals surface area contributed by atoms with Gasteiger partial charge in [0.1, 0.15) is 0 Å². The van der Waals surface area contributed by atoms with Gasteiger partial charge in [-0.3, -0.25) is 14.9 Å². The zero-order valence-electron chi connectivity index (χ0n) is 13.7. The average molecular weight is 356 g/mol. The number of benzene rings is 1. The lowest BCUT2D eigenvalue weighted by Gasteiger charge is -2.15. The van der Waals surface area contributed by atoms with Gasteiger partial charge in [0.2, 0.25) is 0 Å². The molecule has 0 radical (unpaired) electrons. The molecule has 23 heavy (non-hydrogen) atoms. The topological polar surface area (TPSA) is 46.2 Å². The Kier molecular flexibility index (Phi) is 6.49.